The smallest absolute Gasteiger partial charge is 0.200 e. The molecular weight excluding hydrogens is 257 g/mol. The van der Waals surface area contributed by atoms with E-state index in [1.807, 2.05) is 0 Å². The zero-order chi connectivity index (χ0) is 13.4. The number of aliphatic hydroxyl groups is 1. The van der Waals surface area contributed by atoms with Gasteiger partial charge in [0.05, 0.1) is 6.10 Å². The Kier molecular flexibility index (Phi) is 3.43. The number of anilines is 1. The number of rotatable bonds is 1. The Morgan fingerprint density at radius 3 is 1.89 bits per heavy atom. The van der Waals surface area contributed by atoms with E-state index in [0.717, 1.165) is 4.90 Å². The molecule has 0 saturated carbocycles. The van der Waals surface area contributed by atoms with E-state index in [1.54, 1.807) is 0 Å². The molecule has 2 rings (SSSR count). The fourth-order valence-electron chi connectivity index (χ4n) is 2.03. The lowest BCUT2D eigenvalue weighted by atomic mass is 10.1. The van der Waals surface area contributed by atoms with Crippen LogP contribution in [0.1, 0.15) is 12.8 Å². The molecule has 1 N–H and O–H groups in total. The summed E-state index contributed by atoms with van der Waals surface area (Å²) in [5.41, 5.74) is -0.967. The molecule has 0 bridgehead atoms. The van der Waals surface area contributed by atoms with Crippen molar-refractivity contribution in [3.8, 4) is 0 Å². The van der Waals surface area contributed by atoms with Crippen LogP contribution in [0.25, 0.3) is 0 Å². The number of β-amino-alcohol motifs (C(OH)–C–C–N with tert-alkyl or cyclic N) is 1. The van der Waals surface area contributed by atoms with E-state index in [0.29, 0.717) is 12.8 Å². The summed E-state index contributed by atoms with van der Waals surface area (Å²) in [5, 5.41) is 9.37. The average molecular weight is 267 g/mol. The molecule has 0 aromatic heterocycles. The molecule has 1 heterocycles. The first-order valence-corrected chi connectivity index (χ1v) is 5.38. The van der Waals surface area contributed by atoms with Gasteiger partial charge in [-0.15, -0.1) is 0 Å². The predicted octanol–water partition coefficient (Wildman–Crippen LogP) is 2.34. The second kappa shape index (κ2) is 4.72. The van der Waals surface area contributed by atoms with Crippen LogP contribution >= 0.6 is 0 Å². The zero-order valence-electron chi connectivity index (χ0n) is 9.19. The van der Waals surface area contributed by atoms with Crippen molar-refractivity contribution in [1.29, 1.82) is 0 Å². The van der Waals surface area contributed by atoms with Crippen LogP contribution in [0.5, 0.6) is 0 Å². The van der Waals surface area contributed by atoms with Gasteiger partial charge in [-0.25, -0.2) is 22.0 Å². The van der Waals surface area contributed by atoms with Crippen molar-refractivity contribution < 1.29 is 27.1 Å². The van der Waals surface area contributed by atoms with Crippen molar-refractivity contribution in [2.75, 3.05) is 18.0 Å². The van der Waals surface area contributed by atoms with E-state index in [1.165, 1.54) is 0 Å². The minimum atomic E-state index is -2.17. The van der Waals surface area contributed by atoms with Gasteiger partial charge in [-0.2, -0.15) is 0 Å². The van der Waals surface area contributed by atoms with E-state index in [9.17, 15) is 27.1 Å². The molecule has 100 valence electrons. The molecule has 0 radical (unpaired) electrons. The van der Waals surface area contributed by atoms with Crippen LogP contribution in [0.2, 0.25) is 0 Å². The third kappa shape index (κ3) is 2.03. The van der Waals surface area contributed by atoms with E-state index in [-0.39, 0.29) is 13.1 Å². The van der Waals surface area contributed by atoms with E-state index in [2.05, 4.69) is 0 Å². The molecule has 1 aromatic carbocycles. The maximum atomic E-state index is 13.5. The second-order valence-corrected chi connectivity index (χ2v) is 4.16. The van der Waals surface area contributed by atoms with Gasteiger partial charge in [-0.05, 0) is 12.8 Å². The Bertz CT molecular complexity index is 450. The third-order valence-electron chi connectivity index (χ3n) is 2.90. The molecule has 1 aromatic rings. The molecule has 18 heavy (non-hydrogen) atoms. The lowest BCUT2D eigenvalue weighted by molar-refractivity contribution is 0.153. The van der Waals surface area contributed by atoms with Crippen molar-refractivity contribution in [3.63, 3.8) is 0 Å². The van der Waals surface area contributed by atoms with Gasteiger partial charge in [0.15, 0.2) is 23.3 Å². The summed E-state index contributed by atoms with van der Waals surface area (Å²) in [4.78, 5) is 0.977. The quantitative estimate of drug-likeness (QED) is 0.479. The first-order chi connectivity index (χ1) is 8.43. The maximum absolute atomic E-state index is 13.5. The van der Waals surface area contributed by atoms with Gasteiger partial charge in [0.25, 0.3) is 0 Å². The molecule has 1 atom stereocenters. The summed E-state index contributed by atoms with van der Waals surface area (Å²) in [7, 11) is 0. The first kappa shape index (κ1) is 13.1. The van der Waals surface area contributed by atoms with Crippen molar-refractivity contribution in [1.82, 2.24) is 0 Å². The minimum absolute atomic E-state index is 0.134. The van der Waals surface area contributed by atoms with Crippen LogP contribution in [-0.4, -0.2) is 24.3 Å². The Labute approximate surface area is 99.6 Å². The Morgan fingerprint density at radius 1 is 0.889 bits per heavy atom. The van der Waals surface area contributed by atoms with Gasteiger partial charge in [0.2, 0.25) is 5.82 Å². The maximum Gasteiger partial charge on any atom is 0.200 e. The number of hydrogen-bond acceptors (Lipinski definition) is 2. The summed E-state index contributed by atoms with van der Waals surface area (Å²) < 4.78 is 65.8. The van der Waals surface area contributed by atoms with Crippen LogP contribution in [0.15, 0.2) is 0 Å². The summed E-state index contributed by atoms with van der Waals surface area (Å²) in [6, 6.07) is 0. The SMILES string of the molecule is OC1CCCN(c2c(F)c(F)c(F)c(F)c2F)C1. The van der Waals surface area contributed by atoms with Crippen LogP contribution in [-0.2, 0) is 0 Å². The highest BCUT2D eigenvalue weighted by atomic mass is 19.2. The van der Waals surface area contributed by atoms with Gasteiger partial charge in [-0.3, -0.25) is 0 Å². The lowest BCUT2D eigenvalue weighted by Gasteiger charge is -2.32. The van der Waals surface area contributed by atoms with E-state index < -0.39 is 40.9 Å². The number of hydrogen-bond donors (Lipinski definition) is 1. The molecule has 0 aliphatic carbocycles. The van der Waals surface area contributed by atoms with Crippen molar-refractivity contribution >= 4 is 5.69 Å². The normalized spacial score (nSPS) is 20.3. The van der Waals surface area contributed by atoms with E-state index in [4.69, 9.17) is 0 Å². The van der Waals surface area contributed by atoms with Crippen LogP contribution in [0.3, 0.4) is 0 Å². The summed E-state index contributed by atoms with van der Waals surface area (Å²) in [5.74, 6) is -9.83. The highest BCUT2D eigenvalue weighted by Crippen LogP contribution is 2.31. The summed E-state index contributed by atoms with van der Waals surface area (Å²) in [6.45, 7) is -0.0201. The molecule has 1 fully saturated rings. The molecule has 1 aliphatic heterocycles. The van der Waals surface area contributed by atoms with Gasteiger partial charge in [0.1, 0.15) is 5.69 Å². The molecule has 2 nitrogen and oxygen atoms in total. The average Bonchev–Trinajstić information content (AvgIpc) is 2.34. The first-order valence-electron chi connectivity index (χ1n) is 5.38. The monoisotopic (exact) mass is 267 g/mol. The Morgan fingerprint density at radius 2 is 1.39 bits per heavy atom. The second-order valence-electron chi connectivity index (χ2n) is 4.16. The number of piperidine rings is 1. The Balaban J connectivity index is 2.50. The largest absolute Gasteiger partial charge is 0.391 e. The van der Waals surface area contributed by atoms with Crippen LogP contribution in [0.4, 0.5) is 27.6 Å². The lowest BCUT2D eigenvalue weighted by Crippen LogP contribution is -2.39. The fourth-order valence-corrected chi connectivity index (χ4v) is 2.03. The highest BCUT2D eigenvalue weighted by Gasteiger charge is 2.31. The Hall–Kier alpha value is -1.37. The standard InChI is InChI=1S/C11H10F5NO/c12-6-7(13)9(15)11(10(16)8(6)14)17-3-1-2-5(18)4-17/h5,18H,1-4H2. The highest BCUT2D eigenvalue weighted by molar-refractivity contribution is 5.51. The molecule has 0 amide bonds. The number of halogens is 5. The van der Waals surface area contributed by atoms with Crippen molar-refractivity contribution in [2.24, 2.45) is 0 Å². The van der Waals surface area contributed by atoms with Crippen LogP contribution < -0.4 is 4.90 Å². The predicted molar refractivity (Wildman–Crippen MR) is 53.7 cm³/mol. The van der Waals surface area contributed by atoms with Gasteiger partial charge < -0.3 is 10.0 Å². The van der Waals surface area contributed by atoms with Gasteiger partial charge in [0, 0.05) is 13.1 Å². The van der Waals surface area contributed by atoms with Gasteiger partial charge in [-0.1, -0.05) is 0 Å². The molecule has 1 unspecified atom stereocenters. The molecule has 1 saturated heterocycles. The molecule has 0 spiro atoms. The molecule has 7 heteroatoms. The van der Waals surface area contributed by atoms with Crippen molar-refractivity contribution in [3.05, 3.63) is 29.1 Å². The van der Waals surface area contributed by atoms with Crippen molar-refractivity contribution in [2.45, 2.75) is 18.9 Å². The number of benzene rings is 1. The molecule has 1 aliphatic rings. The van der Waals surface area contributed by atoms with Crippen LogP contribution in [0, 0.1) is 29.1 Å². The molecular formula is C11H10F5NO. The zero-order valence-corrected chi connectivity index (χ0v) is 9.19. The minimum Gasteiger partial charge on any atom is -0.391 e. The fraction of sp³-hybridized carbons (Fsp3) is 0.455. The topological polar surface area (TPSA) is 23.5 Å². The number of nitrogens with zero attached hydrogens (tertiary/aromatic N) is 1. The number of aliphatic hydroxyl groups excluding tert-OH is 1. The third-order valence-corrected chi connectivity index (χ3v) is 2.90. The van der Waals surface area contributed by atoms with E-state index >= 15 is 0 Å². The summed E-state index contributed by atoms with van der Waals surface area (Å²) in [6.07, 6.45) is 0.0146. The summed E-state index contributed by atoms with van der Waals surface area (Å²) >= 11 is 0. The van der Waals surface area contributed by atoms with Gasteiger partial charge >= 0.3 is 0 Å².